The molecule has 2 aliphatic heterocycles. The van der Waals surface area contributed by atoms with Crippen LogP contribution in [0, 0.1) is 5.92 Å². The first-order valence-electron chi connectivity index (χ1n) is 8.11. The molecule has 1 atom stereocenters. The van der Waals surface area contributed by atoms with Gasteiger partial charge in [-0.25, -0.2) is 9.97 Å². The van der Waals surface area contributed by atoms with Crippen molar-refractivity contribution in [3.05, 3.63) is 29.2 Å². The van der Waals surface area contributed by atoms with Crippen LogP contribution in [0.25, 0.3) is 10.8 Å². The maximum Gasteiger partial charge on any atom is 0.137 e. The zero-order valence-electron chi connectivity index (χ0n) is 13.2. The summed E-state index contributed by atoms with van der Waals surface area (Å²) in [6.07, 6.45) is 4.94. The summed E-state index contributed by atoms with van der Waals surface area (Å²) >= 11 is 6.13. The predicted octanol–water partition coefficient (Wildman–Crippen LogP) is 3.22. The number of hydrogen-bond donors (Lipinski definition) is 0. The van der Waals surface area contributed by atoms with Gasteiger partial charge in [-0.05, 0) is 24.8 Å². The lowest BCUT2D eigenvalue weighted by molar-refractivity contribution is -0.0849. The van der Waals surface area contributed by atoms with Gasteiger partial charge in [-0.15, -0.1) is 0 Å². The van der Waals surface area contributed by atoms with Crippen molar-refractivity contribution in [2.24, 2.45) is 5.92 Å². The smallest absolute Gasteiger partial charge is 0.137 e. The number of rotatable bonds is 5. The van der Waals surface area contributed by atoms with Crippen LogP contribution in [0.3, 0.4) is 0 Å². The molecule has 4 heterocycles. The second-order valence-corrected chi connectivity index (χ2v) is 6.70. The number of pyridine rings is 2. The van der Waals surface area contributed by atoms with Crippen LogP contribution in [0.1, 0.15) is 25.0 Å². The maximum absolute atomic E-state index is 6.13. The maximum atomic E-state index is 6.13. The molecule has 2 saturated heterocycles. The summed E-state index contributed by atoms with van der Waals surface area (Å²) in [5.74, 6) is 1.51. The summed E-state index contributed by atoms with van der Waals surface area (Å²) in [4.78, 5) is 11.2. The van der Waals surface area contributed by atoms with Crippen LogP contribution in [0.15, 0.2) is 18.5 Å². The molecule has 2 aromatic heterocycles. The third kappa shape index (κ3) is 2.89. The summed E-state index contributed by atoms with van der Waals surface area (Å²) in [5, 5.41) is 2.63. The summed E-state index contributed by atoms with van der Waals surface area (Å²) in [6.45, 7) is 6.49. The second-order valence-electron chi connectivity index (χ2n) is 6.31. The number of aromatic nitrogens is 2. The minimum Gasteiger partial charge on any atom is -0.381 e. The van der Waals surface area contributed by atoms with Gasteiger partial charge in [-0.1, -0.05) is 11.6 Å². The Balaban J connectivity index is 1.66. The van der Waals surface area contributed by atoms with Gasteiger partial charge in [0.2, 0.25) is 0 Å². The Kier molecular flexibility index (Phi) is 4.09. The quantitative estimate of drug-likeness (QED) is 0.786. The van der Waals surface area contributed by atoms with E-state index in [2.05, 4.69) is 21.8 Å². The van der Waals surface area contributed by atoms with E-state index in [9.17, 15) is 0 Å². The molecule has 0 bridgehead atoms. The first-order valence-corrected chi connectivity index (χ1v) is 8.48. The van der Waals surface area contributed by atoms with E-state index in [4.69, 9.17) is 21.1 Å². The Bertz CT molecular complexity index is 716. The van der Waals surface area contributed by atoms with Crippen molar-refractivity contribution in [1.29, 1.82) is 0 Å². The lowest BCUT2D eigenvalue weighted by atomic mass is 10.0. The standard InChI is InChI=1S/C17H20ClN3O2/c1-11(23-10-12-8-22-9-12)14-6-20-17(21-3-2-4-21)15-7-19-16(18)5-13(14)15/h5-7,11-12H,2-4,8-10H2,1H3. The lowest BCUT2D eigenvalue weighted by Crippen LogP contribution is -2.37. The Morgan fingerprint density at radius 2 is 2.13 bits per heavy atom. The number of fused-ring (bicyclic) bond motifs is 1. The number of nitrogens with zero attached hydrogens (tertiary/aromatic N) is 3. The molecule has 0 aromatic carbocycles. The molecular formula is C17H20ClN3O2. The van der Waals surface area contributed by atoms with Gasteiger partial charge in [0, 0.05) is 42.4 Å². The summed E-state index contributed by atoms with van der Waals surface area (Å²) in [6, 6.07) is 1.92. The molecule has 0 saturated carbocycles. The van der Waals surface area contributed by atoms with E-state index in [1.54, 1.807) is 0 Å². The van der Waals surface area contributed by atoms with E-state index in [0.717, 1.165) is 55.1 Å². The fourth-order valence-electron chi connectivity index (χ4n) is 2.97. The lowest BCUT2D eigenvalue weighted by Gasteiger charge is -2.33. The Morgan fingerprint density at radius 1 is 1.30 bits per heavy atom. The molecule has 0 spiro atoms. The number of halogens is 1. The summed E-state index contributed by atoms with van der Waals surface area (Å²) < 4.78 is 11.2. The molecule has 0 aliphatic carbocycles. The van der Waals surface area contributed by atoms with Crippen LogP contribution in [-0.2, 0) is 9.47 Å². The monoisotopic (exact) mass is 333 g/mol. The van der Waals surface area contributed by atoms with E-state index in [0.29, 0.717) is 11.1 Å². The SMILES string of the molecule is CC(OCC1COC1)c1cnc(N2CCC2)c2cnc(Cl)cc12. The second kappa shape index (κ2) is 6.23. The van der Waals surface area contributed by atoms with Gasteiger partial charge >= 0.3 is 0 Å². The average molecular weight is 334 g/mol. The van der Waals surface area contributed by atoms with Crippen LogP contribution >= 0.6 is 11.6 Å². The number of ether oxygens (including phenoxy) is 2. The molecular weight excluding hydrogens is 314 g/mol. The number of anilines is 1. The van der Waals surface area contributed by atoms with Gasteiger partial charge < -0.3 is 14.4 Å². The largest absolute Gasteiger partial charge is 0.381 e. The predicted molar refractivity (Wildman–Crippen MR) is 90.1 cm³/mol. The molecule has 5 nitrogen and oxygen atoms in total. The van der Waals surface area contributed by atoms with Crippen molar-refractivity contribution in [1.82, 2.24) is 9.97 Å². The Morgan fingerprint density at radius 3 is 2.78 bits per heavy atom. The molecule has 2 aromatic rings. The van der Waals surface area contributed by atoms with Gasteiger partial charge in [0.15, 0.2) is 0 Å². The van der Waals surface area contributed by atoms with Crippen molar-refractivity contribution in [2.45, 2.75) is 19.4 Å². The van der Waals surface area contributed by atoms with E-state index < -0.39 is 0 Å². The molecule has 122 valence electrons. The topological polar surface area (TPSA) is 47.5 Å². The van der Waals surface area contributed by atoms with Gasteiger partial charge in [-0.2, -0.15) is 0 Å². The van der Waals surface area contributed by atoms with Gasteiger partial charge in [0.25, 0.3) is 0 Å². The van der Waals surface area contributed by atoms with Crippen LogP contribution in [0.5, 0.6) is 0 Å². The van der Waals surface area contributed by atoms with E-state index >= 15 is 0 Å². The summed E-state index contributed by atoms with van der Waals surface area (Å²) in [5.41, 5.74) is 1.06. The zero-order valence-corrected chi connectivity index (χ0v) is 13.9. The van der Waals surface area contributed by atoms with Crippen LogP contribution in [0.4, 0.5) is 5.82 Å². The highest BCUT2D eigenvalue weighted by Crippen LogP contribution is 2.34. The highest BCUT2D eigenvalue weighted by Gasteiger charge is 2.23. The minimum absolute atomic E-state index is 0.0329. The van der Waals surface area contributed by atoms with Crippen molar-refractivity contribution in [3.8, 4) is 0 Å². The molecule has 6 heteroatoms. The van der Waals surface area contributed by atoms with Crippen molar-refractivity contribution < 1.29 is 9.47 Å². The molecule has 2 aliphatic rings. The highest BCUT2D eigenvalue weighted by atomic mass is 35.5. The van der Waals surface area contributed by atoms with Crippen molar-refractivity contribution in [2.75, 3.05) is 37.8 Å². The first-order chi connectivity index (χ1) is 11.2. The average Bonchev–Trinajstić information content (AvgIpc) is 2.43. The fourth-order valence-corrected chi connectivity index (χ4v) is 3.13. The molecule has 0 radical (unpaired) electrons. The molecule has 23 heavy (non-hydrogen) atoms. The van der Waals surface area contributed by atoms with Crippen molar-refractivity contribution >= 4 is 28.2 Å². The number of hydrogen-bond acceptors (Lipinski definition) is 5. The van der Waals surface area contributed by atoms with Gasteiger partial charge in [-0.3, -0.25) is 0 Å². The third-order valence-electron chi connectivity index (χ3n) is 4.63. The van der Waals surface area contributed by atoms with Gasteiger partial charge in [0.1, 0.15) is 11.0 Å². The third-order valence-corrected chi connectivity index (χ3v) is 4.84. The molecule has 0 N–H and O–H groups in total. The van der Waals surface area contributed by atoms with Crippen LogP contribution in [-0.4, -0.2) is 42.9 Å². The van der Waals surface area contributed by atoms with Crippen LogP contribution < -0.4 is 4.90 Å². The Labute approximate surface area is 140 Å². The van der Waals surface area contributed by atoms with E-state index in [1.165, 1.54) is 6.42 Å². The molecule has 2 fully saturated rings. The van der Waals surface area contributed by atoms with E-state index in [-0.39, 0.29) is 6.10 Å². The fraction of sp³-hybridized carbons (Fsp3) is 0.529. The zero-order chi connectivity index (χ0) is 15.8. The highest BCUT2D eigenvalue weighted by molar-refractivity contribution is 6.30. The van der Waals surface area contributed by atoms with E-state index in [1.807, 2.05) is 18.5 Å². The molecule has 1 unspecified atom stereocenters. The summed E-state index contributed by atoms with van der Waals surface area (Å²) in [7, 11) is 0. The van der Waals surface area contributed by atoms with Crippen LogP contribution in [0.2, 0.25) is 5.15 Å². The van der Waals surface area contributed by atoms with Crippen molar-refractivity contribution in [3.63, 3.8) is 0 Å². The van der Waals surface area contributed by atoms with Gasteiger partial charge in [0.05, 0.1) is 25.9 Å². The molecule has 4 rings (SSSR count). The normalized spacial score (nSPS) is 19.5. The molecule has 0 amide bonds. The first kappa shape index (κ1) is 15.1. The minimum atomic E-state index is -0.0329. The Hall–Kier alpha value is -1.43.